The molecule has 0 saturated heterocycles. The fraction of sp³-hybridized carbons (Fsp3) is 0.312. The fourth-order valence-corrected chi connectivity index (χ4v) is 3.10. The molecule has 1 aliphatic carbocycles. The van der Waals surface area contributed by atoms with Crippen LogP contribution in [0.2, 0.25) is 10.0 Å². The number of benzene rings is 1. The van der Waals surface area contributed by atoms with Crippen molar-refractivity contribution in [1.29, 1.82) is 0 Å². The zero-order chi connectivity index (χ0) is 14.8. The van der Waals surface area contributed by atoms with E-state index in [2.05, 4.69) is 10.3 Å². The Morgan fingerprint density at radius 3 is 2.48 bits per heavy atom. The maximum atomic E-state index is 10.1. The van der Waals surface area contributed by atoms with Crippen molar-refractivity contribution >= 4 is 23.2 Å². The number of fused-ring (bicyclic) bond motifs is 1. The predicted octanol–water partition coefficient (Wildman–Crippen LogP) is 3.18. The monoisotopic (exact) mass is 322 g/mol. The first-order chi connectivity index (χ1) is 10.1. The second-order valence-corrected chi connectivity index (χ2v) is 6.17. The van der Waals surface area contributed by atoms with Crippen molar-refractivity contribution in [3.8, 4) is 0 Å². The molecule has 21 heavy (non-hydrogen) atoms. The first-order valence-electron chi connectivity index (χ1n) is 6.91. The van der Waals surface area contributed by atoms with Crippen LogP contribution in [-0.2, 0) is 12.8 Å². The van der Waals surface area contributed by atoms with E-state index in [-0.39, 0.29) is 0 Å². The van der Waals surface area contributed by atoms with E-state index in [4.69, 9.17) is 23.2 Å². The van der Waals surface area contributed by atoms with Gasteiger partial charge in [0, 0.05) is 30.5 Å². The number of aliphatic hydroxyl groups excluding tert-OH is 1. The summed E-state index contributed by atoms with van der Waals surface area (Å²) in [5.74, 6) is 0. The highest BCUT2D eigenvalue weighted by Gasteiger charge is 2.23. The van der Waals surface area contributed by atoms with Crippen molar-refractivity contribution in [2.75, 3.05) is 6.54 Å². The van der Waals surface area contributed by atoms with E-state index in [0.29, 0.717) is 22.6 Å². The second kappa shape index (κ2) is 6.32. The minimum absolute atomic E-state index is 0.306. The normalized spacial score (nSPS) is 16.0. The number of hydrogen-bond donors (Lipinski definition) is 2. The van der Waals surface area contributed by atoms with Crippen molar-refractivity contribution in [2.45, 2.75) is 25.0 Å². The highest BCUT2D eigenvalue weighted by Crippen LogP contribution is 2.31. The molecule has 110 valence electrons. The van der Waals surface area contributed by atoms with E-state index in [1.165, 1.54) is 11.1 Å². The van der Waals surface area contributed by atoms with E-state index in [1.54, 1.807) is 12.4 Å². The van der Waals surface area contributed by atoms with Crippen LogP contribution in [0.4, 0.5) is 0 Å². The third-order valence-corrected chi connectivity index (χ3v) is 4.57. The molecule has 0 bridgehead atoms. The molecular weight excluding hydrogens is 307 g/mol. The molecule has 5 heteroatoms. The van der Waals surface area contributed by atoms with Gasteiger partial charge in [0.1, 0.15) is 0 Å². The third kappa shape index (κ3) is 3.38. The summed E-state index contributed by atoms with van der Waals surface area (Å²) in [7, 11) is 0. The lowest BCUT2D eigenvalue weighted by Crippen LogP contribution is -2.33. The van der Waals surface area contributed by atoms with Gasteiger partial charge in [-0.1, -0.05) is 29.3 Å². The Hall–Kier alpha value is -1.13. The van der Waals surface area contributed by atoms with E-state index in [0.717, 1.165) is 18.4 Å². The van der Waals surface area contributed by atoms with Crippen LogP contribution in [0, 0.1) is 0 Å². The van der Waals surface area contributed by atoms with Gasteiger partial charge >= 0.3 is 0 Å². The first kappa shape index (κ1) is 14.8. The van der Waals surface area contributed by atoms with Gasteiger partial charge < -0.3 is 10.4 Å². The van der Waals surface area contributed by atoms with E-state index >= 15 is 0 Å². The number of pyridine rings is 1. The average Bonchev–Trinajstić information content (AvgIpc) is 2.88. The number of aliphatic hydroxyl groups is 1. The van der Waals surface area contributed by atoms with Crippen LogP contribution in [0.1, 0.15) is 22.8 Å². The van der Waals surface area contributed by atoms with E-state index in [9.17, 15) is 5.11 Å². The molecule has 0 spiro atoms. The summed E-state index contributed by atoms with van der Waals surface area (Å²) in [6, 6.07) is 7.90. The van der Waals surface area contributed by atoms with Gasteiger partial charge in [-0.15, -0.1) is 0 Å². The maximum Gasteiger partial charge on any atom is 0.0929 e. The Labute approximate surface area is 133 Å². The minimum atomic E-state index is -0.547. The van der Waals surface area contributed by atoms with Gasteiger partial charge in [0.05, 0.1) is 16.1 Å². The Balaban J connectivity index is 1.59. The van der Waals surface area contributed by atoms with Crippen molar-refractivity contribution in [1.82, 2.24) is 10.3 Å². The largest absolute Gasteiger partial charge is 0.387 e. The summed E-state index contributed by atoms with van der Waals surface area (Å²) < 4.78 is 0. The molecular formula is C16H16Cl2N2O. The Morgan fingerprint density at radius 2 is 1.90 bits per heavy atom. The maximum absolute atomic E-state index is 10.1. The van der Waals surface area contributed by atoms with Gasteiger partial charge in [0.2, 0.25) is 0 Å². The fourth-order valence-electron chi connectivity index (χ4n) is 2.73. The molecule has 0 radical (unpaired) electrons. The van der Waals surface area contributed by atoms with Crippen LogP contribution in [0.3, 0.4) is 0 Å². The molecule has 0 aliphatic heterocycles. The predicted molar refractivity (Wildman–Crippen MR) is 84.9 cm³/mol. The third-order valence-electron chi connectivity index (χ3n) is 3.84. The zero-order valence-corrected chi connectivity index (χ0v) is 12.9. The summed E-state index contributed by atoms with van der Waals surface area (Å²) in [5, 5.41) is 14.7. The van der Waals surface area contributed by atoms with Crippen LogP contribution >= 0.6 is 23.2 Å². The lowest BCUT2D eigenvalue weighted by atomic mass is 10.1. The van der Waals surface area contributed by atoms with Crippen molar-refractivity contribution in [2.24, 2.45) is 0 Å². The van der Waals surface area contributed by atoms with E-state index in [1.807, 2.05) is 24.3 Å². The average molecular weight is 323 g/mol. The summed E-state index contributed by atoms with van der Waals surface area (Å²) in [6.07, 6.45) is 4.66. The number of aromatic nitrogens is 1. The van der Waals surface area contributed by atoms with E-state index < -0.39 is 6.10 Å². The zero-order valence-electron chi connectivity index (χ0n) is 11.4. The van der Waals surface area contributed by atoms with Gasteiger partial charge in [-0.25, -0.2) is 0 Å². The molecule has 1 unspecified atom stereocenters. The standard InChI is InChI=1S/C16H16Cl2N2O/c17-14-6-11-4-13(5-12(11)7-15(14)18)20-9-16(21)10-2-1-3-19-8-10/h1-3,6-8,13,16,20-21H,4-5,9H2. The topological polar surface area (TPSA) is 45.1 Å². The quantitative estimate of drug-likeness (QED) is 0.908. The van der Waals surface area contributed by atoms with Gasteiger partial charge in [-0.3, -0.25) is 4.98 Å². The Kier molecular flexibility index (Phi) is 4.45. The van der Waals surface area contributed by atoms with Crippen molar-refractivity contribution < 1.29 is 5.11 Å². The lowest BCUT2D eigenvalue weighted by Gasteiger charge is -2.16. The smallest absolute Gasteiger partial charge is 0.0929 e. The Morgan fingerprint density at radius 1 is 1.24 bits per heavy atom. The van der Waals surface area contributed by atoms with Gasteiger partial charge in [0.25, 0.3) is 0 Å². The minimum Gasteiger partial charge on any atom is -0.387 e. The number of nitrogens with one attached hydrogen (secondary N) is 1. The highest BCUT2D eigenvalue weighted by atomic mass is 35.5. The van der Waals surface area contributed by atoms with Crippen molar-refractivity contribution in [3.05, 3.63) is 63.4 Å². The molecule has 0 saturated carbocycles. The van der Waals surface area contributed by atoms with Gasteiger partial charge in [-0.2, -0.15) is 0 Å². The molecule has 2 N–H and O–H groups in total. The second-order valence-electron chi connectivity index (χ2n) is 5.35. The number of nitrogens with zero attached hydrogens (tertiary/aromatic N) is 1. The summed E-state index contributed by atoms with van der Waals surface area (Å²) >= 11 is 12.1. The molecule has 2 aromatic rings. The lowest BCUT2D eigenvalue weighted by molar-refractivity contribution is 0.169. The molecule has 0 amide bonds. The molecule has 1 heterocycles. The molecule has 1 aliphatic rings. The molecule has 1 aromatic heterocycles. The molecule has 1 atom stereocenters. The van der Waals surface area contributed by atoms with Crippen LogP contribution in [0.5, 0.6) is 0 Å². The van der Waals surface area contributed by atoms with Crippen LogP contribution < -0.4 is 5.32 Å². The molecule has 3 nitrogen and oxygen atoms in total. The number of rotatable bonds is 4. The summed E-state index contributed by atoms with van der Waals surface area (Å²) in [5.41, 5.74) is 3.29. The van der Waals surface area contributed by atoms with Gasteiger partial charge in [0.15, 0.2) is 0 Å². The number of hydrogen-bond acceptors (Lipinski definition) is 3. The Bertz CT molecular complexity index is 603. The molecule has 3 rings (SSSR count). The van der Waals surface area contributed by atoms with Crippen molar-refractivity contribution in [3.63, 3.8) is 0 Å². The van der Waals surface area contributed by atoms with Crippen LogP contribution in [0.25, 0.3) is 0 Å². The van der Waals surface area contributed by atoms with Crippen LogP contribution in [0.15, 0.2) is 36.7 Å². The SMILES string of the molecule is OC(CNC1Cc2cc(Cl)c(Cl)cc2C1)c1cccnc1. The molecule has 1 aromatic carbocycles. The summed E-state index contributed by atoms with van der Waals surface area (Å²) in [6.45, 7) is 0.506. The van der Waals surface area contributed by atoms with Crippen LogP contribution in [-0.4, -0.2) is 22.7 Å². The van der Waals surface area contributed by atoms with Gasteiger partial charge in [-0.05, 0) is 42.2 Å². The highest BCUT2D eigenvalue weighted by molar-refractivity contribution is 6.42. The number of halogens is 2. The summed E-state index contributed by atoms with van der Waals surface area (Å²) in [4.78, 5) is 4.02. The molecule has 0 fully saturated rings. The first-order valence-corrected chi connectivity index (χ1v) is 7.67.